The zero-order valence-electron chi connectivity index (χ0n) is 22.4. The van der Waals surface area contributed by atoms with Crippen LogP contribution in [0.5, 0.6) is 0 Å². The summed E-state index contributed by atoms with van der Waals surface area (Å²) in [7, 11) is 2.16. The van der Waals surface area contributed by atoms with E-state index in [4.69, 9.17) is 9.97 Å². The number of aromatic nitrogens is 3. The topological polar surface area (TPSA) is 71.0 Å². The lowest BCUT2D eigenvalue weighted by Crippen LogP contribution is -2.34. The monoisotopic (exact) mass is 537 g/mol. The van der Waals surface area contributed by atoms with Gasteiger partial charge >= 0.3 is 0 Å². The highest BCUT2D eigenvalue weighted by Crippen LogP contribution is 2.30. The number of carbonyl (C=O) groups excluding carboxylic acids is 1. The maximum atomic E-state index is 12.8. The highest BCUT2D eigenvalue weighted by atomic mass is 32.2. The second-order valence-electron chi connectivity index (χ2n) is 9.98. The zero-order valence-corrected chi connectivity index (χ0v) is 23.2. The highest BCUT2D eigenvalue weighted by Gasteiger charge is 2.21. The molecule has 200 valence electrons. The summed E-state index contributed by atoms with van der Waals surface area (Å²) in [5.74, 6) is 1.58. The molecule has 0 aliphatic heterocycles. The fourth-order valence-corrected chi connectivity index (χ4v) is 5.77. The van der Waals surface area contributed by atoms with Gasteiger partial charge in [0.1, 0.15) is 5.82 Å². The van der Waals surface area contributed by atoms with Crippen molar-refractivity contribution in [3.05, 3.63) is 102 Å². The van der Waals surface area contributed by atoms with Gasteiger partial charge in [-0.05, 0) is 42.7 Å². The molecule has 1 saturated carbocycles. The van der Waals surface area contributed by atoms with Gasteiger partial charge in [0.05, 0.1) is 5.69 Å². The second kappa shape index (κ2) is 13.4. The first-order valence-corrected chi connectivity index (χ1v) is 14.7. The molecule has 2 aromatic carbocycles. The Morgan fingerprint density at radius 2 is 1.77 bits per heavy atom. The minimum atomic E-state index is -0.0727. The van der Waals surface area contributed by atoms with E-state index >= 15 is 0 Å². The molecule has 39 heavy (non-hydrogen) atoms. The summed E-state index contributed by atoms with van der Waals surface area (Å²) in [5.41, 5.74) is 4.71. The molecule has 1 fully saturated rings. The molecule has 7 heteroatoms. The van der Waals surface area contributed by atoms with Gasteiger partial charge in [0.25, 0.3) is 5.91 Å². The van der Waals surface area contributed by atoms with Crippen LogP contribution in [0, 0.1) is 0 Å². The first-order valence-electron chi connectivity index (χ1n) is 13.7. The Morgan fingerprint density at radius 1 is 0.949 bits per heavy atom. The largest absolute Gasteiger partial charge is 0.357 e. The highest BCUT2D eigenvalue weighted by molar-refractivity contribution is 7.98. The van der Waals surface area contributed by atoms with Gasteiger partial charge in [-0.2, -0.15) is 0 Å². The third-order valence-electron chi connectivity index (χ3n) is 7.20. The van der Waals surface area contributed by atoms with Gasteiger partial charge in [-0.1, -0.05) is 79.6 Å². The molecule has 0 atom stereocenters. The fraction of sp³-hybridized carbons (Fsp3) is 0.312. The number of hydrogen-bond acceptors (Lipinski definition) is 6. The standard InChI is InChI=1S/C32H35N5OS/c1-37(28-16-6-3-7-17-28)30-22-29(25-12-4-2-5-13-25)35-32(36-30)39-23-24-11-10-14-26(21-24)31(38)34-20-18-27-15-8-9-19-33-27/h2,4-5,8-15,19,21-22,28H,3,6-7,16-18,20,23H2,1H3,(H,34,38). The van der Waals surface area contributed by atoms with Gasteiger partial charge in [-0.3, -0.25) is 9.78 Å². The maximum absolute atomic E-state index is 12.8. The molecular formula is C32H35N5OS. The van der Waals surface area contributed by atoms with Gasteiger partial charge in [0.15, 0.2) is 5.16 Å². The predicted molar refractivity (Wildman–Crippen MR) is 159 cm³/mol. The Morgan fingerprint density at radius 3 is 2.56 bits per heavy atom. The van der Waals surface area contributed by atoms with Crippen LogP contribution < -0.4 is 10.2 Å². The molecule has 1 aliphatic carbocycles. The van der Waals surface area contributed by atoms with Crippen LogP contribution >= 0.6 is 11.8 Å². The number of hydrogen-bond donors (Lipinski definition) is 1. The Kier molecular flexibility index (Phi) is 9.22. The molecular weight excluding hydrogens is 502 g/mol. The summed E-state index contributed by atoms with van der Waals surface area (Å²) in [6, 6.07) is 26.6. The van der Waals surface area contributed by atoms with Crippen molar-refractivity contribution in [3.63, 3.8) is 0 Å². The average Bonchev–Trinajstić information content (AvgIpc) is 3.01. The molecule has 0 bridgehead atoms. The number of nitrogens with one attached hydrogen (secondary N) is 1. The van der Waals surface area contributed by atoms with Crippen LogP contribution in [0.2, 0.25) is 0 Å². The molecule has 0 spiro atoms. The van der Waals surface area contributed by atoms with Crippen LogP contribution in [0.3, 0.4) is 0 Å². The Bertz CT molecular complexity index is 1360. The molecule has 6 nitrogen and oxygen atoms in total. The number of carbonyl (C=O) groups is 1. The van der Waals surface area contributed by atoms with E-state index in [2.05, 4.69) is 40.4 Å². The van der Waals surface area contributed by atoms with E-state index in [1.807, 2.05) is 60.7 Å². The van der Waals surface area contributed by atoms with Crippen LogP contribution in [-0.4, -0.2) is 40.5 Å². The summed E-state index contributed by atoms with van der Waals surface area (Å²) >= 11 is 1.61. The number of rotatable bonds is 10. The lowest BCUT2D eigenvalue weighted by atomic mass is 9.94. The third-order valence-corrected chi connectivity index (χ3v) is 8.11. The number of pyridine rings is 1. The molecule has 4 aromatic rings. The Hall–Kier alpha value is -3.71. The van der Waals surface area contributed by atoms with Gasteiger partial charge in [0, 0.05) is 60.9 Å². The van der Waals surface area contributed by atoms with Crippen molar-refractivity contribution in [2.45, 2.75) is 55.5 Å². The van der Waals surface area contributed by atoms with E-state index in [0.29, 0.717) is 30.3 Å². The van der Waals surface area contributed by atoms with E-state index in [1.165, 1.54) is 32.1 Å². The minimum Gasteiger partial charge on any atom is -0.357 e. The van der Waals surface area contributed by atoms with E-state index in [-0.39, 0.29) is 5.91 Å². The van der Waals surface area contributed by atoms with Crippen molar-refractivity contribution >= 4 is 23.5 Å². The first-order chi connectivity index (χ1) is 19.2. The fourth-order valence-electron chi connectivity index (χ4n) is 4.97. The van der Waals surface area contributed by atoms with Crippen LogP contribution in [0.1, 0.15) is 53.7 Å². The number of anilines is 1. The summed E-state index contributed by atoms with van der Waals surface area (Å²) in [6.45, 7) is 0.548. The Labute approximate surface area is 235 Å². The number of thioether (sulfide) groups is 1. The van der Waals surface area contributed by atoms with Crippen molar-refractivity contribution in [1.29, 1.82) is 0 Å². The number of amides is 1. The van der Waals surface area contributed by atoms with Crippen LogP contribution in [0.15, 0.2) is 90.2 Å². The van der Waals surface area contributed by atoms with Crippen molar-refractivity contribution in [2.75, 3.05) is 18.5 Å². The van der Waals surface area contributed by atoms with Gasteiger partial charge in [-0.15, -0.1) is 0 Å². The summed E-state index contributed by atoms with van der Waals surface area (Å²) in [6.07, 6.45) is 8.77. The molecule has 0 saturated heterocycles. The molecule has 0 radical (unpaired) electrons. The molecule has 2 heterocycles. The van der Waals surface area contributed by atoms with Gasteiger partial charge in [0.2, 0.25) is 0 Å². The van der Waals surface area contributed by atoms with E-state index in [0.717, 1.165) is 33.5 Å². The van der Waals surface area contributed by atoms with Crippen molar-refractivity contribution in [1.82, 2.24) is 20.3 Å². The third kappa shape index (κ3) is 7.45. The normalized spacial score (nSPS) is 13.7. The van der Waals surface area contributed by atoms with Crippen LogP contribution in [0.25, 0.3) is 11.3 Å². The van der Waals surface area contributed by atoms with E-state index < -0.39 is 0 Å². The zero-order chi connectivity index (χ0) is 26.9. The number of benzene rings is 2. The van der Waals surface area contributed by atoms with Crippen molar-refractivity contribution in [3.8, 4) is 11.3 Å². The van der Waals surface area contributed by atoms with Gasteiger partial charge < -0.3 is 10.2 Å². The predicted octanol–water partition coefficient (Wildman–Crippen LogP) is 6.57. The quantitative estimate of drug-likeness (QED) is 0.182. The molecule has 1 aliphatic rings. The SMILES string of the molecule is CN(c1cc(-c2ccccc2)nc(SCc2cccc(C(=O)NCCc3ccccn3)c2)n1)C1CCCCC1. The molecule has 2 aromatic heterocycles. The molecule has 1 N–H and O–H groups in total. The minimum absolute atomic E-state index is 0.0727. The van der Waals surface area contributed by atoms with Gasteiger partial charge in [-0.25, -0.2) is 9.97 Å². The maximum Gasteiger partial charge on any atom is 0.251 e. The van der Waals surface area contributed by atoms with Crippen LogP contribution in [0.4, 0.5) is 5.82 Å². The number of nitrogens with zero attached hydrogens (tertiary/aromatic N) is 4. The summed E-state index contributed by atoms with van der Waals surface area (Å²) < 4.78 is 0. The van der Waals surface area contributed by atoms with E-state index in [9.17, 15) is 4.79 Å². The summed E-state index contributed by atoms with van der Waals surface area (Å²) in [5, 5.41) is 3.76. The molecule has 0 unspecified atom stereocenters. The molecule has 1 amide bonds. The average molecular weight is 538 g/mol. The summed E-state index contributed by atoms with van der Waals surface area (Å²) in [4.78, 5) is 29.3. The second-order valence-corrected chi connectivity index (χ2v) is 10.9. The van der Waals surface area contributed by atoms with E-state index in [1.54, 1.807) is 18.0 Å². The van der Waals surface area contributed by atoms with Crippen molar-refractivity contribution in [2.24, 2.45) is 0 Å². The first kappa shape index (κ1) is 26.9. The van der Waals surface area contributed by atoms with Crippen molar-refractivity contribution < 1.29 is 4.79 Å². The molecule has 5 rings (SSSR count). The Balaban J connectivity index is 1.27. The van der Waals surface area contributed by atoms with Crippen LogP contribution in [-0.2, 0) is 12.2 Å². The lowest BCUT2D eigenvalue weighted by molar-refractivity contribution is 0.0954. The lowest BCUT2D eigenvalue weighted by Gasteiger charge is -2.32. The smallest absolute Gasteiger partial charge is 0.251 e.